The summed E-state index contributed by atoms with van der Waals surface area (Å²) in [4.78, 5) is 17.9. The van der Waals surface area contributed by atoms with Gasteiger partial charge in [0, 0.05) is 17.8 Å². The van der Waals surface area contributed by atoms with Crippen LogP contribution in [-0.2, 0) is 4.74 Å². The van der Waals surface area contributed by atoms with E-state index >= 15 is 0 Å². The third kappa shape index (κ3) is 3.87. The predicted octanol–water partition coefficient (Wildman–Crippen LogP) is 1.54. The lowest BCUT2D eigenvalue weighted by molar-refractivity contribution is -0.886. The Bertz CT molecular complexity index is 443. The summed E-state index contributed by atoms with van der Waals surface area (Å²) < 4.78 is 19.7. The second-order valence-electron chi connectivity index (χ2n) is 4.79. The van der Waals surface area contributed by atoms with Crippen LogP contribution in [0.2, 0.25) is 0 Å². The number of amides is 1. The number of carbonyl (C=O) groups excluding carboxylic acids is 1. The summed E-state index contributed by atoms with van der Waals surface area (Å²) in [6, 6.07) is 1.22. The summed E-state index contributed by atoms with van der Waals surface area (Å²) in [7, 11) is 2.90. The standard InChI is InChI=1S/C12H18FN2O3/c1-12(2,3)18-11(16)14(4)10-6-9(13)7-15(8-10)17-5/h6-8H,1-5H3/q+1. The first kappa shape index (κ1) is 14.2. The van der Waals surface area contributed by atoms with Gasteiger partial charge in [0.05, 0.1) is 0 Å². The fraction of sp³-hybridized carbons (Fsp3) is 0.500. The highest BCUT2D eigenvalue weighted by molar-refractivity contribution is 5.86. The van der Waals surface area contributed by atoms with Gasteiger partial charge in [-0.3, -0.25) is 9.74 Å². The normalized spacial score (nSPS) is 11.0. The molecule has 1 amide bonds. The molecule has 0 fully saturated rings. The van der Waals surface area contributed by atoms with Crippen molar-refractivity contribution in [1.29, 1.82) is 0 Å². The Labute approximate surface area is 106 Å². The van der Waals surface area contributed by atoms with E-state index < -0.39 is 17.5 Å². The molecule has 6 heteroatoms. The number of nitrogens with zero attached hydrogens (tertiary/aromatic N) is 2. The highest BCUT2D eigenvalue weighted by atomic mass is 19.1. The van der Waals surface area contributed by atoms with Crippen LogP contribution in [0.5, 0.6) is 0 Å². The zero-order valence-corrected chi connectivity index (χ0v) is 11.2. The van der Waals surface area contributed by atoms with Gasteiger partial charge in [-0.15, -0.1) is 0 Å². The maximum atomic E-state index is 13.3. The van der Waals surface area contributed by atoms with Crippen LogP contribution in [0.15, 0.2) is 18.5 Å². The number of aromatic nitrogens is 1. The molecule has 0 atom stereocenters. The van der Waals surface area contributed by atoms with Crippen molar-refractivity contribution in [3.8, 4) is 0 Å². The molecule has 18 heavy (non-hydrogen) atoms. The SMILES string of the molecule is CO[n+]1cc(F)cc(N(C)C(=O)OC(C)(C)C)c1. The minimum absolute atomic E-state index is 0.339. The Morgan fingerprint density at radius 2 is 2.00 bits per heavy atom. The number of hydrogen-bond acceptors (Lipinski definition) is 3. The van der Waals surface area contributed by atoms with Crippen LogP contribution in [0.25, 0.3) is 0 Å². The molecule has 1 aromatic rings. The molecule has 1 rings (SSSR count). The molecule has 0 unspecified atom stereocenters. The van der Waals surface area contributed by atoms with Crippen LogP contribution in [0.1, 0.15) is 20.8 Å². The van der Waals surface area contributed by atoms with E-state index in [9.17, 15) is 9.18 Å². The number of pyridine rings is 1. The van der Waals surface area contributed by atoms with Crippen molar-refractivity contribution < 1.29 is 23.5 Å². The Hall–Kier alpha value is -1.85. The van der Waals surface area contributed by atoms with Gasteiger partial charge in [0.25, 0.3) is 6.20 Å². The number of carbonyl (C=O) groups is 1. The van der Waals surface area contributed by atoms with Gasteiger partial charge < -0.3 is 4.74 Å². The molecular formula is C12H18FN2O3+. The molecule has 100 valence electrons. The van der Waals surface area contributed by atoms with E-state index in [1.54, 1.807) is 20.8 Å². The quantitative estimate of drug-likeness (QED) is 0.755. The molecule has 0 N–H and O–H groups in total. The predicted molar refractivity (Wildman–Crippen MR) is 63.7 cm³/mol. The molecule has 0 radical (unpaired) electrons. The van der Waals surface area contributed by atoms with Crippen LogP contribution in [0.4, 0.5) is 14.9 Å². The van der Waals surface area contributed by atoms with Crippen molar-refractivity contribution in [3.63, 3.8) is 0 Å². The van der Waals surface area contributed by atoms with Crippen molar-refractivity contribution in [2.45, 2.75) is 26.4 Å². The smallest absolute Gasteiger partial charge is 0.414 e. The summed E-state index contributed by atoms with van der Waals surface area (Å²) in [6.07, 6.45) is 2.08. The first-order chi connectivity index (χ1) is 8.23. The van der Waals surface area contributed by atoms with Crippen molar-refractivity contribution in [3.05, 3.63) is 24.3 Å². The van der Waals surface area contributed by atoms with E-state index in [1.165, 1.54) is 36.1 Å². The van der Waals surface area contributed by atoms with Gasteiger partial charge in [-0.05, 0) is 20.8 Å². The van der Waals surface area contributed by atoms with E-state index in [1.807, 2.05) is 0 Å². The Morgan fingerprint density at radius 3 is 2.50 bits per heavy atom. The highest BCUT2D eigenvalue weighted by Crippen LogP contribution is 2.15. The molecule has 0 aliphatic carbocycles. The van der Waals surface area contributed by atoms with Gasteiger partial charge in [-0.1, -0.05) is 0 Å². The average Bonchev–Trinajstić information content (AvgIpc) is 2.24. The van der Waals surface area contributed by atoms with Crippen molar-refractivity contribution >= 4 is 11.8 Å². The second kappa shape index (κ2) is 5.20. The molecule has 0 spiro atoms. The Kier molecular flexibility index (Phi) is 4.11. The first-order valence-corrected chi connectivity index (χ1v) is 5.46. The lowest BCUT2D eigenvalue weighted by Gasteiger charge is -2.23. The third-order valence-electron chi connectivity index (χ3n) is 2.06. The van der Waals surface area contributed by atoms with Crippen LogP contribution in [0, 0.1) is 5.82 Å². The first-order valence-electron chi connectivity index (χ1n) is 5.46. The fourth-order valence-electron chi connectivity index (χ4n) is 1.23. The van der Waals surface area contributed by atoms with Gasteiger partial charge >= 0.3 is 6.09 Å². The monoisotopic (exact) mass is 257 g/mol. The Balaban J connectivity index is 2.93. The molecule has 0 saturated heterocycles. The maximum absolute atomic E-state index is 13.3. The number of hydrogen-bond donors (Lipinski definition) is 0. The minimum atomic E-state index is -0.601. The summed E-state index contributed by atoms with van der Waals surface area (Å²) in [5, 5.41) is 0. The lowest BCUT2D eigenvalue weighted by atomic mass is 10.2. The van der Waals surface area contributed by atoms with Gasteiger partial charge in [0.2, 0.25) is 6.20 Å². The molecule has 0 aromatic carbocycles. The molecule has 0 bridgehead atoms. The largest absolute Gasteiger partial charge is 0.443 e. The molecule has 1 aromatic heterocycles. The fourth-order valence-corrected chi connectivity index (χ4v) is 1.23. The average molecular weight is 257 g/mol. The summed E-state index contributed by atoms with van der Waals surface area (Å²) in [6.45, 7) is 5.29. The zero-order valence-electron chi connectivity index (χ0n) is 11.2. The molecule has 0 saturated carbocycles. The van der Waals surface area contributed by atoms with E-state index in [2.05, 4.69) is 0 Å². The maximum Gasteiger partial charge on any atom is 0.414 e. The van der Waals surface area contributed by atoms with Crippen molar-refractivity contribution in [2.24, 2.45) is 0 Å². The van der Waals surface area contributed by atoms with Crippen molar-refractivity contribution in [2.75, 3.05) is 19.1 Å². The summed E-state index contributed by atoms with van der Waals surface area (Å²) in [5.74, 6) is -0.509. The molecule has 0 aliphatic rings. The van der Waals surface area contributed by atoms with E-state index in [-0.39, 0.29) is 0 Å². The van der Waals surface area contributed by atoms with Crippen LogP contribution < -0.4 is 14.5 Å². The van der Waals surface area contributed by atoms with E-state index in [0.717, 1.165) is 6.20 Å². The third-order valence-corrected chi connectivity index (χ3v) is 2.06. The molecular weight excluding hydrogens is 239 g/mol. The van der Waals surface area contributed by atoms with Gasteiger partial charge in [-0.2, -0.15) is 0 Å². The highest BCUT2D eigenvalue weighted by Gasteiger charge is 2.23. The van der Waals surface area contributed by atoms with Crippen LogP contribution >= 0.6 is 0 Å². The minimum Gasteiger partial charge on any atom is -0.443 e. The van der Waals surface area contributed by atoms with Gasteiger partial charge in [0.1, 0.15) is 18.4 Å². The zero-order chi connectivity index (χ0) is 13.9. The van der Waals surface area contributed by atoms with Crippen molar-refractivity contribution in [1.82, 2.24) is 0 Å². The lowest BCUT2D eigenvalue weighted by Crippen LogP contribution is -2.42. The van der Waals surface area contributed by atoms with Gasteiger partial charge in [-0.25, -0.2) is 9.18 Å². The summed E-state index contributed by atoms with van der Waals surface area (Å²) >= 11 is 0. The number of ether oxygens (including phenoxy) is 1. The van der Waals surface area contributed by atoms with E-state index in [0.29, 0.717) is 5.69 Å². The molecule has 1 heterocycles. The molecule has 5 nitrogen and oxygen atoms in total. The summed E-state index contributed by atoms with van der Waals surface area (Å²) in [5.41, 5.74) is -0.262. The van der Waals surface area contributed by atoms with Gasteiger partial charge in [0.15, 0.2) is 5.82 Å². The molecule has 0 aliphatic heterocycles. The number of anilines is 1. The number of halogens is 1. The van der Waals surface area contributed by atoms with E-state index in [4.69, 9.17) is 9.57 Å². The second-order valence-corrected chi connectivity index (χ2v) is 4.79. The van der Waals surface area contributed by atoms with Crippen LogP contribution in [0.3, 0.4) is 0 Å². The number of rotatable bonds is 2. The topological polar surface area (TPSA) is 42.7 Å². The van der Waals surface area contributed by atoms with Crippen LogP contribution in [-0.4, -0.2) is 25.9 Å². The Morgan fingerprint density at radius 1 is 1.39 bits per heavy atom.